The molecule has 1 N–H and O–H groups in total. The molecule has 0 radical (unpaired) electrons. The minimum Gasteiger partial charge on any atom is -0.438 e. The average molecular weight is 254 g/mol. The van der Waals surface area contributed by atoms with Crippen LogP contribution in [0.2, 0.25) is 0 Å². The van der Waals surface area contributed by atoms with Gasteiger partial charge in [0.2, 0.25) is 5.88 Å². The summed E-state index contributed by atoms with van der Waals surface area (Å²) in [5.41, 5.74) is 1.12. The van der Waals surface area contributed by atoms with E-state index in [0.29, 0.717) is 17.0 Å². The summed E-state index contributed by atoms with van der Waals surface area (Å²) in [6.07, 6.45) is 0. The molecule has 0 unspecified atom stereocenters. The topological polar surface area (TPSA) is 68.3 Å². The first kappa shape index (κ1) is 11.4. The summed E-state index contributed by atoms with van der Waals surface area (Å²) in [5.74, 6) is -0.165. The molecule has 5 heteroatoms. The Kier molecular flexibility index (Phi) is 2.52. The molecule has 1 aromatic heterocycles. The van der Waals surface area contributed by atoms with E-state index in [-0.39, 0.29) is 11.4 Å². The highest BCUT2D eigenvalue weighted by atomic mass is 16.5. The molecule has 0 aliphatic carbocycles. The summed E-state index contributed by atoms with van der Waals surface area (Å²) in [4.78, 5) is 27.6. The van der Waals surface area contributed by atoms with Crippen molar-refractivity contribution in [2.24, 2.45) is 0 Å². The molecule has 2 aromatic rings. The molecule has 0 bridgehead atoms. The maximum absolute atomic E-state index is 11.7. The zero-order valence-electron chi connectivity index (χ0n) is 10.1. The number of pyridine rings is 1. The van der Waals surface area contributed by atoms with Crippen molar-refractivity contribution in [2.75, 3.05) is 0 Å². The van der Waals surface area contributed by atoms with Crippen molar-refractivity contribution in [1.82, 2.24) is 10.3 Å². The van der Waals surface area contributed by atoms with E-state index in [9.17, 15) is 9.59 Å². The van der Waals surface area contributed by atoms with Crippen LogP contribution in [0.25, 0.3) is 0 Å². The third-order valence-corrected chi connectivity index (χ3v) is 2.77. The van der Waals surface area contributed by atoms with Crippen LogP contribution in [0.1, 0.15) is 26.4 Å². The lowest BCUT2D eigenvalue weighted by molar-refractivity contribution is 0.0879. The standard InChI is InChI=1S/C14H10N2O3/c1-8-7-10-11(13(18)16-12(10)17)14(15-8)19-9-5-3-2-4-6-9/h2-7H,1H3,(H,16,17,18). The fourth-order valence-corrected chi connectivity index (χ4v) is 1.95. The van der Waals surface area contributed by atoms with Crippen LogP contribution in [0.5, 0.6) is 11.6 Å². The second kappa shape index (κ2) is 4.20. The monoisotopic (exact) mass is 254 g/mol. The van der Waals surface area contributed by atoms with Crippen molar-refractivity contribution >= 4 is 11.8 Å². The number of nitrogens with zero attached hydrogens (tertiary/aromatic N) is 1. The van der Waals surface area contributed by atoms with E-state index >= 15 is 0 Å². The van der Waals surface area contributed by atoms with Crippen LogP contribution in [-0.2, 0) is 0 Å². The Balaban J connectivity index is 2.10. The van der Waals surface area contributed by atoms with Crippen LogP contribution < -0.4 is 10.1 Å². The van der Waals surface area contributed by atoms with E-state index in [4.69, 9.17) is 4.74 Å². The number of nitrogens with one attached hydrogen (secondary N) is 1. The molecule has 0 spiro atoms. The summed E-state index contributed by atoms with van der Waals surface area (Å²) < 4.78 is 5.60. The third kappa shape index (κ3) is 1.95. The second-order valence-electron chi connectivity index (χ2n) is 4.19. The van der Waals surface area contributed by atoms with Crippen molar-refractivity contribution in [3.8, 4) is 11.6 Å². The van der Waals surface area contributed by atoms with Crippen molar-refractivity contribution in [1.29, 1.82) is 0 Å². The number of ether oxygens (including phenoxy) is 1. The van der Waals surface area contributed by atoms with Crippen LogP contribution in [0.3, 0.4) is 0 Å². The van der Waals surface area contributed by atoms with Crippen LogP contribution in [0, 0.1) is 6.92 Å². The number of hydrogen-bond acceptors (Lipinski definition) is 4. The molecule has 1 aliphatic rings. The number of amides is 2. The predicted molar refractivity (Wildman–Crippen MR) is 67.3 cm³/mol. The first-order chi connectivity index (χ1) is 9.15. The SMILES string of the molecule is Cc1cc2c(c(Oc3ccccc3)n1)C(=O)NC2=O. The van der Waals surface area contributed by atoms with Gasteiger partial charge < -0.3 is 4.74 Å². The molecule has 2 heterocycles. The first-order valence-corrected chi connectivity index (χ1v) is 5.75. The smallest absolute Gasteiger partial charge is 0.264 e. The molecule has 3 rings (SSSR count). The van der Waals surface area contributed by atoms with Crippen LogP contribution in [0.4, 0.5) is 0 Å². The summed E-state index contributed by atoms with van der Waals surface area (Å²) in [6, 6.07) is 10.6. The maximum Gasteiger partial charge on any atom is 0.264 e. The Morgan fingerprint density at radius 3 is 2.58 bits per heavy atom. The summed E-state index contributed by atoms with van der Waals surface area (Å²) in [5, 5.41) is 2.24. The normalized spacial score (nSPS) is 13.1. The third-order valence-electron chi connectivity index (χ3n) is 2.77. The van der Waals surface area contributed by atoms with Gasteiger partial charge in [0, 0.05) is 5.69 Å². The zero-order valence-corrected chi connectivity index (χ0v) is 10.1. The van der Waals surface area contributed by atoms with E-state index in [1.165, 1.54) is 0 Å². The molecular formula is C14H10N2O3. The van der Waals surface area contributed by atoms with Crippen molar-refractivity contribution in [3.63, 3.8) is 0 Å². The van der Waals surface area contributed by atoms with Gasteiger partial charge in [-0.15, -0.1) is 0 Å². The molecule has 0 saturated heterocycles. The first-order valence-electron chi connectivity index (χ1n) is 5.75. The van der Waals surface area contributed by atoms with Crippen molar-refractivity contribution in [3.05, 3.63) is 53.2 Å². The Morgan fingerprint density at radius 1 is 1.11 bits per heavy atom. The van der Waals surface area contributed by atoms with E-state index in [0.717, 1.165) is 0 Å². The Labute approximate surface area is 109 Å². The number of aryl methyl sites for hydroxylation is 1. The largest absolute Gasteiger partial charge is 0.438 e. The molecule has 94 valence electrons. The molecular weight excluding hydrogens is 244 g/mol. The zero-order chi connectivity index (χ0) is 13.4. The molecule has 19 heavy (non-hydrogen) atoms. The number of para-hydroxylation sites is 1. The highest BCUT2D eigenvalue weighted by Crippen LogP contribution is 2.29. The molecule has 0 fully saturated rings. The number of rotatable bonds is 2. The van der Waals surface area contributed by atoms with Gasteiger partial charge in [-0.3, -0.25) is 14.9 Å². The molecule has 0 atom stereocenters. The second-order valence-corrected chi connectivity index (χ2v) is 4.19. The molecule has 1 aliphatic heterocycles. The Hall–Kier alpha value is -2.69. The number of aromatic nitrogens is 1. The molecule has 0 saturated carbocycles. The fourth-order valence-electron chi connectivity index (χ4n) is 1.95. The number of carbonyl (C=O) groups is 2. The van der Waals surface area contributed by atoms with Crippen molar-refractivity contribution < 1.29 is 14.3 Å². The molecule has 1 aromatic carbocycles. The molecule has 5 nitrogen and oxygen atoms in total. The number of imide groups is 1. The maximum atomic E-state index is 11.7. The lowest BCUT2D eigenvalue weighted by atomic mass is 10.1. The minimum absolute atomic E-state index is 0.157. The van der Waals surface area contributed by atoms with Gasteiger partial charge in [-0.2, -0.15) is 0 Å². The van der Waals surface area contributed by atoms with Crippen LogP contribution >= 0.6 is 0 Å². The van der Waals surface area contributed by atoms with Gasteiger partial charge >= 0.3 is 0 Å². The van der Waals surface area contributed by atoms with Gasteiger partial charge in [0.15, 0.2) is 0 Å². The van der Waals surface area contributed by atoms with E-state index in [1.807, 2.05) is 18.2 Å². The summed E-state index contributed by atoms with van der Waals surface area (Å²) >= 11 is 0. The molecule has 2 amide bonds. The van der Waals surface area contributed by atoms with Gasteiger partial charge in [-0.05, 0) is 25.1 Å². The predicted octanol–water partition coefficient (Wildman–Crippen LogP) is 2.07. The van der Waals surface area contributed by atoms with E-state index in [1.54, 1.807) is 25.1 Å². The van der Waals surface area contributed by atoms with Crippen LogP contribution in [0.15, 0.2) is 36.4 Å². The lowest BCUT2D eigenvalue weighted by Gasteiger charge is -2.08. The Bertz CT molecular complexity index is 681. The van der Waals surface area contributed by atoms with Gasteiger partial charge in [-0.25, -0.2) is 4.98 Å². The number of carbonyl (C=O) groups excluding carboxylic acids is 2. The summed E-state index contributed by atoms with van der Waals surface area (Å²) in [7, 11) is 0. The number of fused-ring (bicyclic) bond motifs is 1. The van der Waals surface area contributed by atoms with Gasteiger partial charge in [0.25, 0.3) is 11.8 Å². The quantitative estimate of drug-likeness (QED) is 0.833. The van der Waals surface area contributed by atoms with Crippen molar-refractivity contribution in [2.45, 2.75) is 6.92 Å². The highest BCUT2D eigenvalue weighted by molar-refractivity contribution is 6.22. The Morgan fingerprint density at radius 2 is 1.84 bits per heavy atom. The van der Waals surface area contributed by atoms with Crippen LogP contribution in [-0.4, -0.2) is 16.8 Å². The highest BCUT2D eigenvalue weighted by Gasteiger charge is 2.32. The van der Waals surface area contributed by atoms with E-state index in [2.05, 4.69) is 10.3 Å². The fraction of sp³-hybridized carbons (Fsp3) is 0.0714. The summed E-state index contributed by atoms with van der Waals surface area (Å²) in [6.45, 7) is 1.74. The van der Waals surface area contributed by atoms with Gasteiger partial charge in [-0.1, -0.05) is 18.2 Å². The average Bonchev–Trinajstić information content (AvgIpc) is 2.66. The van der Waals surface area contributed by atoms with E-state index < -0.39 is 11.8 Å². The van der Waals surface area contributed by atoms with Gasteiger partial charge in [0.1, 0.15) is 11.3 Å². The minimum atomic E-state index is -0.474. The number of benzene rings is 1. The van der Waals surface area contributed by atoms with Gasteiger partial charge in [0.05, 0.1) is 5.56 Å². The lowest BCUT2D eigenvalue weighted by Crippen LogP contribution is -2.20. The number of hydrogen-bond donors (Lipinski definition) is 1.